The first-order valence-electron chi connectivity index (χ1n) is 6.17. The number of allylic oxidation sites excluding steroid dienone is 1. The molecule has 1 aliphatic rings. The summed E-state index contributed by atoms with van der Waals surface area (Å²) >= 11 is 0. The van der Waals surface area contributed by atoms with Crippen LogP contribution in [0.15, 0.2) is 36.4 Å². The lowest BCUT2D eigenvalue weighted by molar-refractivity contribution is 0.0343. The van der Waals surface area contributed by atoms with Gasteiger partial charge in [0.25, 0.3) is 0 Å². The van der Waals surface area contributed by atoms with E-state index in [4.69, 9.17) is 0 Å². The molecule has 1 aliphatic carbocycles. The lowest BCUT2D eigenvalue weighted by Crippen LogP contribution is -2.40. The van der Waals surface area contributed by atoms with Crippen LogP contribution in [0.4, 0.5) is 0 Å². The average molecular weight is 244 g/mol. The first-order chi connectivity index (χ1) is 8.61. The summed E-state index contributed by atoms with van der Waals surface area (Å²) in [4.78, 5) is 24.2. The molecule has 0 fully saturated rings. The summed E-state index contributed by atoms with van der Waals surface area (Å²) in [7, 11) is 0. The smallest absolute Gasteiger partial charge is 0.203 e. The maximum atomic E-state index is 12.1. The molecule has 18 heavy (non-hydrogen) atoms. The molecule has 0 atom stereocenters. The second-order valence-electron chi connectivity index (χ2n) is 4.53. The molecule has 1 aromatic rings. The molecule has 0 amide bonds. The third-order valence-electron chi connectivity index (χ3n) is 3.20. The fourth-order valence-electron chi connectivity index (χ4n) is 2.15. The number of carbonyl (C=O) groups excluding carboxylic acids is 2. The zero-order valence-electron chi connectivity index (χ0n) is 10.3. The zero-order valence-corrected chi connectivity index (χ0v) is 10.3. The SMILES string of the molecule is CCC/C=C\CC1(O)C(=O)c2ccccc2C1=O. The quantitative estimate of drug-likeness (QED) is 0.654. The van der Waals surface area contributed by atoms with E-state index in [1.807, 2.05) is 13.0 Å². The predicted octanol–water partition coefficient (Wildman–Crippen LogP) is 2.54. The van der Waals surface area contributed by atoms with Gasteiger partial charge >= 0.3 is 0 Å². The molecule has 0 spiro atoms. The van der Waals surface area contributed by atoms with Crippen molar-refractivity contribution in [2.45, 2.75) is 31.8 Å². The second kappa shape index (κ2) is 4.86. The lowest BCUT2D eigenvalue weighted by Gasteiger charge is -2.16. The van der Waals surface area contributed by atoms with Crippen LogP contribution < -0.4 is 0 Å². The van der Waals surface area contributed by atoms with E-state index in [0.717, 1.165) is 12.8 Å². The monoisotopic (exact) mass is 244 g/mol. The van der Waals surface area contributed by atoms with Gasteiger partial charge in [0.1, 0.15) is 0 Å². The van der Waals surface area contributed by atoms with Crippen LogP contribution >= 0.6 is 0 Å². The highest BCUT2D eigenvalue weighted by atomic mass is 16.3. The van der Waals surface area contributed by atoms with Crippen molar-refractivity contribution in [3.63, 3.8) is 0 Å². The van der Waals surface area contributed by atoms with E-state index in [0.29, 0.717) is 11.1 Å². The highest BCUT2D eigenvalue weighted by Gasteiger charge is 2.50. The normalized spacial score (nSPS) is 17.4. The summed E-state index contributed by atoms with van der Waals surface area (Å²) in [5.74, 6) is -0.964. The van der Waals surface area contributed by atoms with E-state index in [-0.39, 0.29) is 6.42 Å². The van der Waals surface area contributed by atoms with Crippen molar-refractivity contribution in [2.24, 2.45) is 0 Å². The largest absolute Gasteiger partial charge is 0.374 e. The van der Waals surface area contributed by atoms with Gasteiger partial charge in [-0.2, -0.15) is 0 Å². The van der Waals surface area contributed by atoms with Crippen LogP contribution in [0.1, 0.15) is 46.9 Å². The minimum Gasteiger partial charge on any atom is -0.374 e. The molecule has 0 heterocycles. The third kappa shape index (κ3) is 1.91. The van der Waals surface area contributed by atoms with Crippen LogP contribution in [0.5, 0.6) is 0 Å². The molecular weight excluding hydrogens is 228 g/mol. The Balaban J connectivity index is 2.26. The molecule has 1 N–H and O–H groups in total. The molecule has 0 unspecified atom stereocenters. The van der Waals surface area contributed by atoms with Gasteiger partial charge in [-0.1, -0.05) is 49.8 Å². The fraction of sp³-hybridized carbons (Fsp3) is 0.333. The Morgan fingerprint density at radius 3 is 2.17 bits per heavy atom. The predicted molar refractivity (Wildman–Crippen MR) is 68.7 cm³/mol. The Labute approximate surface area is 106 Å². The maximum Gasteiger partial charge on any atom is 0.203 e. The standard InChI is InChI=1S/C15H16O3/c1-2-3-4-7-10-15(18)13(16)11-8-5-6-9-12(11)14(15)17/h4-9,18H,2-3,10H2,1H3/b7-4-. The van der Waals surface area contributed by atoms with E-state index in [9.17, 15) is 14.7 Å². The van der Waals surface area contributed by atoms with Crippen LogP contribution in [0.25, 0.3) is 0 Å². The number of Topliss-reactive ketones (excluding diaryl/α,β-unsaturated/α-hetero) is 2. The second-order valence-corrected chi connectivity index (χ2v) is 4.53. The summed E-state index contributed by atoms with van der Waals surface area (Å²) < 4.78 is 0. The van der Waals surface area contributed by atoms with Crippen molar-refractivity contribution in [1.29, 1.82) is 0 Å². The third-order valence-corrected chi connectivity index (χ3v) is 3.20. The van der Waals surface area contributed by atoms with Crippen LogP contribution in [0.3, 0.4) is 0 Å². The van der Waals surface area contributed by atoms with E-state index in [1.54, 1.807) is 30.3 Å². The number of unbranched alkanes of at least 4 members (excludes halogenated alkanes) is 1. The van der Waals surface area contributed by atoms with Gasteiger partial charge in [-0.15, -0.1) is 0 Å². The van der Waals surface area contributed by atoms with Crippen molar-refractivity contribution in [1.82, 2.24) is 0 Å². The van der Waals surface area contributed by atoms with Crippen LogP contribution in [-0.4, -0.2) is 22.3 Å². The van der Waals surface area contributed by atoms with Gasteiger partial charge in [0.15, 0.2) is 5.60 Å². The average Bonchev–Trinajstić information content (AvgIpc) is 2.59. The number of benzene rings is 1. The first-order valence-corrected chi connectivity index (χ1v) is 6.17. The number of hydrogen-bond acceptors (Lipinski definition) is 3. The van der Waals surface area contributed by atoms with Crippen LogP contribution in [0, 0.1) is 0 Å². The lowest BCUT2D eigenvalue weighted by atomic mass is 9.93. The highest BCUT2D eigenvalue weighted by molar-refractivity contribution is 6.31. The summed E-state index contributed by atoms with van der Waals surface area (Å²) in [6, 6.07) is 6.57. The Morgan fingerprint density at radius 1 is 1.11 bits per heavy atom. The molecule has 0 bridgehead atoms. The van der Waals surface area contributed by atoms with E-state index < -0.39 is 17.2 Å². The number of hydrogen-bond donors (Lipinski definition) is 1. The van der Waals surface area contributed by atoms with Gasteiger partial charge in [0.05, 0.1) is 0 Å². The van der Waals surface area contributed by atoms with Gasteiger partial charge in [-0.3, -0.25) is 9.59 Å². The fourth-order valence-corrected chi connectivity index (χ4v) is 2.15. The Kier molecular flexibility index (Phi) is 3.43. The van der Waals surface area contributed by atoms with Crippen molar-refractivity contribution in [2.75, 3.05) is 0 Å². The molecule has 0 radical (unpaired) electrons. The van der Waals surface area contributed by atoms with E-state index >= 15 is 0 Å². The molecule has 0 aromatic heterocycles. The summed E-state index contributed by atoms with van der Waals surface area (Å²) in [6.07, 6.45) is 5.54. The molecule has 0 saturated heterocycles. The number of rotatable bonds is 4. The summed E-state index contributed by atoms with van der Waals surface area (Å²) in [5.41, 5.74) is -1.24. The Morgan fingerprint density at radius 2 is 1.67 bits per heavy atom. The topological polar surface area (TPSA) is 54.4 Å². The number of carbonyl (C=O) groups is 2. The molecule has 3 nitrogen and oxygen atoms in total. The van der Waals surface area contributed by atoms with Crippen molar-refractivity contribution in [3.8, 4) is 0 Å². The van der Waals surface area contributed by atoms with Crippen LogP contribution in [0.2, 0.25) is 0 Å². The Bertz CT molecular complexity index is 479. The minimum atomic E-state index is -1.89. The highest BCUT2D eigenvalue weighted by Crippen LogP contribution is 2.32. The molecule has 2 rings (SSSR count). The minimum absolute atomic E-state index is 0.0549. The molecule has 94 valence electrons. The number of fused-ring (bicyclic) bond motifs is 1. The van der Waals surface area contributed by atoms with Crippen molar-refractivity contribution >= 4 is 11.6 Å². The van der Waals surface area contributed by atoms with E-state index in [2.05, 4.69) is 0 Å². The molecule has 0 saturated carbocycles. The number of aliphatic hydroxyl groups is 1. The van der Waals surface area contributed by atoms with Gasteiger partial charge in [-0.05, 0) is 6.42 Å². The van der Waals surface area contributed by atoms with Gasteiger partial charge in [0.2, 0.25) is 11.6 Å². The molecular formula is C15H16O3. The zero-order chi connectivity index (χ0) is 13.2. The van der Waals surface area contributed by atoms with Gasteiger partial charge < -0.3 is 5.11 Å². The van der Waals surface area contributed by atoms with E-state index in [1.165, 1.54) is 0 Å². The van der Waals surface area contributed by atoms with Crippen molar-refractivity contribution in [3.05, 3.63) is 47.5 Å². The summed E-state index contributed by atoms with van der Waals surface area (Å²) in [5, 5.41) is 10.3. The molecule has 1 aromatic carbocycles. The van der Waals surface area contributed by atoms with Crippen molar-refractivity contribution < 1.29 is 14.7 Å². The molecule has 3 heteroatoms. The Hall–Kier alpha value is -1.74. The van der Waals surface area contributed by atoms with Gasteiger partial charge in [-0.25, -0.2) is 0 Å². The summed E-state index contributed by atoms with van der Waals surface area (Å²) in [6.45, 7) is 2.04. The first kappa shape index (κ1) is 12.7. The number of ketones is 2. The maximum absolute atomic E-state index is 12.1. The van der Waals surface area contributed by atoms with Crippen LogP contribution in [-0.2, 0) is 0 Å². The van der Waals surface area contributed by atoms with Gasteiger partial charge in [0, 0.05) is 17.5 Å². The molecule has 0 aliphatic heterocycles.